The minimum absolute atomic E-state index is 0.747. The predicted molar refractivity (Wildman–Crippen MR) is 55.3 cm³/mol. The zero-order chi connectivity index (χ0) is 10.1. The van der Waals surface area contributed by atoms with Gasteiger partial charge in [0.2, 0.25) is 0 Å². The molecule has 0 aromatic rings. The van der Waals surface area contributed by atoms with Crippen molar-refractivity contribution in [2.45, 2.75) is 13.8 Å². The van der Waals surface area contributed by atoms with Gasteiger partial charge in [-0.05, 0) is 13.8 Å². The zero-order valence-electron chi connectivity index (χ0n) is 9.18. The van der Waals surface area contributed by atoms with Gasteiger partial charge in [0.05, 0.1) is 33.3 Å². The number of rotatable bonds is 5. The largest absolute Gasteiger partial charge is 0.381 e. The second-order valence-corrected chi connectivity index (χ2v) is 2.82. The van der Waals surface area contributed by atoms with Crippen LogP contribution < -0.4 is 10.6 Å². The highest BCUT2D eigenvalue weighted by Gasteiger charge is 2.05. The summed E-state index contributed by atoms with van der Waals surface area (Å²) in [4.78, 5) is 0. The lowest BCUT2D eigenvalue weighted by molar-refractivity contribution is -0.504. The molecule has 78 valence electrons. The van der Waals surface area contributed by atoms with Crippen LogP contribution in [0.1, 0.15) is 13.8 Å². The van der Waals surface area contributed by atoms with Gasteiger partial charge in [-0.2, -0.15) is 0 Å². The molecule has 0 saturated carbocycles. The first kappa shape index (κ1) is 12.2. The van der Waals surface area contributed by atoms with Gasteiger partial charge in [0.25, 0.3) is 0 Å². The van der Waals surface area contributed by atoms with Gasteiger partial charge in [0, 0.05) is 7.11 Å². The van der Waals surface area contributed by atoms with E-state index in [1.54, 1.807) is 7.11 Å². The molecule has 4 heteroatoms. The molecule has 0 radical (unpaired) electrons. The Kier molecular flexibility index (Phi) is 7.39. The third kappa shape index (κ3) is 5.47. The Bertz CT molecular complexity index is 149. The predicted octanol–water partition coefficient (Wildman–Crippen LogP) is -0.150. The number of ether oxygens (including phenoxy) is 1. The Hall–Kier alpha value is -0.770. The molecule has 0 atom stereocenters. The summed E-state index contributed by atoms with van der Waals surface area (Å²) < 4.78 is 7.13. The summed E-state index contributed by atoms with van der Waals surface area (Å²) in [7, 11) is 3.76. The number of guanidine groups is 1. The van der Waals surface area contributed by atoms with Crippen LogP contribution in [0.5, 0.6) is 0 Å². The molecular formula is C9H22N3O+. The number of methoxy groups -OCH3 is 1. The average Bonchev–Trinajstić information content (AvgIpc) is 2.14. The minimum atomic E-state index is 0.747. The molecule has 0 bridgehead atoms. The van der Waals surface area contributed by atoms with E-state index in [1.165, 1.54) is 0 Å². The van der Waals surface area contributed by atoms with Crippen LogP contribution in [0.2, 0.25) is 0 Å². The fourth-order valence-corrected chi connectivity index (χ4v) is 1.01. The SMILES string of the molecule is CCNC(NCC)=[N+](C)CCOC. The van der Waals surface area contributed by atoms with Gasteiger partial charge >= 0.3 is 5.96 Å². The van der Waals surface area contributed by atoms with Crippen LogP contribution in [-0.2, 0) is 4.74 Å². The lowest BCUT2D eigenvalue weighted by Crippen LogP contribution is -2.44. The number of nitrogens with zero attached hydrogens (tertiary/aromatic N) is 1. The zero-order valence-corrected chi connectivity index (χ0v) is 9.18. The lowest BCUT2D eigenvalue weighted by atomic mass is 10.6. The van der Waals surface area contributed by atoms with E-state index < -0.39 is 0 Å². The second-order valence-electron chi connectivity index (χ2n) is 2.82. The first-order valence-corrected chi connectivity index (χ1v) is 4.81. The van der Waals surface area contributed by atoms with Crippen molar-refractivity contribution in [1.82, 2.24) is 10.6 Å². The number of hydrogen-bond acceptors (Lipinski definition) is 1. The number of nitrogens with one attached hydrogen (secondary N) is 2. The van der Waals surface area contributed by atoms with E-state index in [0.29, 0.717) is 0 Å². The van der Waals surface area contributed by atoms with E-state index in [9.17, 15) is 0 Å². The summed E-state index contributed by atoms with van der Waals surface area (Å²) in [6, 6.07) is 0. The highest BCUT2D eigenvalue weighted by atomic mass is 16.5. The van der Waals surface area contributed by atoms with Crippen LogP contribution in [0.15, 0.2) is 0 Å². The monoisotopic (exact) mass is 188 g/mol. The lowest BCUT2D eigenvalue weighted by Gasteiger charge is -2.08. The van der Waals surface area contributed by atoms with Gasteiger partial charge in [0.1, 0.15) is 0 Å². The van der Waals surface area contributed by atoms with Crippen LogP contribution in [0.4, 0.5) is 0 Å². The summed E-state index contributed by atoms with van der Waals surface area (Å²) in [6.07, 6.45) is 0. The van der Waals surface area contributed by atoms with Crippen molar-refractivity contribution >= 4 is 5.96 Å². The quantitative estimate of drug-likeness (QED) is 0.358. The normalized spacial score (nSPS) is 9.54. The Morgan fingerprint density at radius 1 is 1.23 bits per heavy atom. The molecule has 0 aliphatic heterocycles. The number of hydrogen-bond donors (Lipinski definition) is 2. The van der Waals surface area contributed by atoms with Gasteiger partial charge in [-0.3, -0.25) is 15.2 Å². The maximum Gasteiger partial charge on any atom is 0.345 e. The highest BCUT2D eigenvalue weighted by Crippen LogP contribution is 1.74. The first-order valence-electron chi connectivity index (χ1n) is 4.81. The first-order chi connectivity index (χ1) is 6.26. The molecular weight excluding hydrogens is 166 g/mol. The van der Waals surface area contributed by atoms with Crippen molar-refractivity contribution in [3.8, 4) is 0 Å². The van der Waals surface area contributed by atoms with Crippen molar-refractivity contribution in [2.75, 3.05) is 40.4 Å². The maximum absolute atomic E-state index is 5.01. The van der Waals surface area contributed by atoms with Crippen molar-refractivity contribution in [3.05, 3.63) is 0 Å². The smallest absolute Gasteiger partial charge is 0.345 e. The van der Waals surface area contributed by atoms with E-state index in [1.807, 2.05) is 7.05 Å². The molecule has 0 aliphatic rings. The fraction of sp³-hybridized carbons (Fsp3) is 0.889. The topological polar surface area (TPSA) is 36.3 Å². The van der Waals surface area contributed by atoms with Crippen molar-refractivity contribution in [1.29, 1.82) is 0 Å². The molecule has 0 aromatic heterocycles. The molecule has 0 aliphatic carbocycles. The van der Waals surface area contributed by atoms with Gasteiger partial charge in [-0.15, -0.1) is 0 Å². The van der Waals surface area contributed by atoms with E-state index in [2.05, 4.69) is 29.1 Å². The van der Waals surface area contributed by atoms with E-state index in [0.717, 1.165) is 32.2 Å². The van der Waals surface area contributed by atoms with E-state index >= 15 is 0 Å². The second kappa shape index (κ2) is 7.86. The molecule has 0 heterocycles. The third-order valence-electron chi connectivity index (χ3n) is 1.70. The molecule has 0 unspecified atom stereocenters. The molecule has 0 spiro atoms. The summed E-state index contributed by atoms with van der Waals surface area (Å²) in [5, 5.41) is 6.54. The van der Waals surface area contributed by atoms with Crippen LogP contribution in [-0.4, -0.2) is 50.9 Å². The molecule has 0 fully saturated rings. The fourth-order valence-electron chi connectivity index (χ4n) is 1.01. The van der Waals surface area contributed by atoms with E-state index in [-0.39, 0.29) is 0 Å². The van der Waals surface area contributed by atoms with Crippen LogP contribution in [0, 0.1) is 0 Å². The van der Waals surface area contributed by atoms with Crippen LogP contribution in [0.25, 0.3) is 0 Å². The maximum atomic E-state index is 5.01. The van der Waals surface area contributed by atoms with Crippen LogP contribution in [0.3, 0.4) is 0 Å². The Morgan fingerprint density at radius 3 is 2.15 bits per heavy atom. The van der Waals surface area contributed by atoms with Crippen molar-refractivity contribution < 1.29 is 9.31 Å². The summed E-state index contributed by atoms with van der Waals surface area (Å²) >= 11 is 0. The average molecular weight is 188 g/mol. The summed E-state index contributed by atoms with van der Waals surface area (Å²) in [6.45, 7) is 7.67. The minimum Gasteiger partial charge on any atom is -0.381 e. The Balaban J connectivity index is 4.08. The van der Waals surface area contributed by atoms with Crippen LogP contribution >= 0.6 is 0 Å². The molecule has 0 amide bonds. The highest BCUT2D eigenvalue weighted by molar-refractivity contribution is 5.74. The molecule has 0 rings (SSSR count). The molecule has 2 N–H and O–H groups in total. The summed E-state index contributed by atoms with van der Waals surface area (Å²) in [5.74, 6) is 1.07. The number of likely N-dealkylation sites (N-methyl/N-ethyl adjacent to an activating group) is 1. The van der Waals surface area contributed by atoms with Gasteiger partial charge < -0.3 is 4.74 Å². The third-order valence-corrected chi connectivity index (χ3v) is 1.70. The van der Waals surface area contributed by atoms with Gasteiger partial charge in [0.15, 0.2) is 0 Å². The Labute approximate surface area is 81.0 Å². The van der Waals surface area contributed by atoms with Crippen molar-refractivity contribution in [2.24, 2.45) is 0 Å². The summed E-state index contributed by atoms with van der Waals surface area (Å²) in [5.41, 5.74) is 0. The molecule has 0 saturated heterocycles. The van der Waals surface area contributed by atoms with Gasteiger partial charge in [-0.1, -0.05) is 0 Å². The van der Waals surface area contributed by atoms with Crippen molar-refractivity contribution in [3.63, 3.8) is 0 Å². The molecule has 4 nitrogen and oxygen atoms in total. The standard InChI is InChI=1S/C9H21N3O/c1-5-10-9(11-6-2)12(3)7-8-13-4/h5-8H2,1-4H3,(H,10,11)/p+1. The molecule has 13 heavy (non-hydrogen) atoms. The van der Waals surface area contributed by atoms with E-state index in [4.69, 9.17) is 4.74 Å². The Morgan fingerprint density at radius 2 is 1.77 bits per heavy atom. The van der Waals surface area contributed by atoms with Gasteiger partial charge in [-0.25, -0.2) is 0 Å². The molecule has 0 aromatic carbocycles.